The fraction of sp³-hybridized carbons (Fsp3) is 0.381. The first-order valence-electron chi connectivity index (χ1n) is 9.76. The van der Waals surface area contributed by atoms with Gasteiger partial charge in [-0.2, -0.15) is 4.98 Å². The fourth-order valence-electron chi connectivity index (χ4n) is 3.85. The van der Waals surface area contributed by atoms with Gasteiger partial charge in [-0.3, -0.25) is 9.36 Å². The summed E-state index contributed by atoms with van der Waals surface area (Å²) in [4.78, 5) is 21.8. The van der Waals surface area contributed by atoms with Crippen molar-refractivity contribution in [3.63, 3.8) is 0 Å². The molecule has 1 aliphatic rings. The Morgan fingerprint density at radius 3 is 2.61 bits per heavy atom. The Hall–Kier alpha value is -2.93. The molecule has 0 atom stereocenters. The zero-order valence-corrected chi connectivity index (χ0v) is 16.0. The van der Waals surface area contributed by atoms with Crippen LogP contribution in [-0.2, 0) is 0 Å². The second kappa shape index (κ2) is 7.98. The number of hydrogen-bond donors (Lipinski definition) is 3. The number of aromatic nitrogens is 3. The number of fused-ring (bicyclic) bond motifs is 1. The van der Waals surface area contributed by atoms with Crippen LogP contribution in [0.4, 0.5) is 17.3 Å². The molecule has 1 saturated carbocycles. The van der Waals surface area contributed by atoms with Crippen LogP contribution in [0.5, 0.6) is 0 Å². The normalized spacial score (nSPS) is 14.5. The molecule has 0 unspecified atom stereocenters. The summed E-state index contributed by atoms with van der Waals surface area (Å²) in [5.74, 6) is 0.473. The number of pyridine rings is 1. The molecular weight excluding hydrogens is 354 g/mol. The van der Waals surface area contributed by atoms with E-state index < -0.39 is 0 Å². The lowest BCUT2D eigenvalue weighted by atomic mass is 10.1. The molecule has 0 radical (unpaired) electrons. The monoisotopic (exact) mass is 379 g/mol. The number of anilines is 3. The van der Waals surface area contributed by atoms with Gasteiger partial charge in [0, 0.05) is 41.6 Å². The highest BCUT2D eigenvalue weighted by molar-refractivity contribution is 5.79. The van der Waals surface area contributed by atoms with Gasteiger partial charge < -0.3 is 15.7 Å². The van der Waals surface area contributed by atoms with Crippen LogP contribution < -0.4 is 16.2 Å². The van der Waals surface area contributed by atoms with E-state index in [9.17, 15) is 4.79 Å². The summed E-state index contributed by atoms with van der Waals surface area (Å²) in [6, 6.07) is 9.61. The van der Waals surface area contributed by atoms with Crippen molar-refractivity contribution in [2.75, 3.05) is 23.8 Å². The number of aliphatic hydroxyl groups is 1. The number of aryl methyl sites for hydroxylation is 1. The molecule has 28 heavy (non-hydrogen) atoms. The first-order valence-corrected chi connectivity index (χ1v) is 9.76. The van der Waals surface area contributed by atoms with Crippen LogP contribution in [0, 0.1) is 6.92 Å². The predicted molar refractivity (Wildman–Crippen MR) is 111 cm³/mol. The van der Waals surface area contributed by atoms with Crippen molar-refractivity contribution >= 4 is 28.4 Å². The highest BCUT2D eigenvalue weighted by Crippen LogP contribution is 2.31. The van der Waals surface area contributed by atoms with E-state index in [1.54, 1.807) is 12.3 Å². The van der Waals surface area contributed by atoms with Crippen molar-refractivity contribution in [3.05, 3.63) is 52.4 Å². The lowest BCUT2D eigenvalue weighted by molar-refractivity contribution is 0.311. The second-order valence-corrected chi connectivity index (χ2v) is 7.26. The van der Waals surface area contributed by atoms with E-state index in [-0.39, 0.29) is 18.2 Å². The van der Waals surface area contributed by atoms with E-state index in [1.807, 2.05) is 35.8 Å². The topological polar surface area (TPSA) is 92.1 Å². The Bertz CT molecular complexity index is 1020. The lowest BCUT2D eigenvalue weighted by Gasteiger charge is -2.17. The smallest absolute Gasteiger partial charge is 0.252 e. The Balaban J connectivity index is 1.67. The number of aliphatic hydroxyl groups excluding tert-OH is 1. The maximum absolute atomic E-state index is 12.7. The van der Waals surface area contributed by atoms with Crippen LogP contribution in [-0.4, -0.2) is 32.8 Å². The number of benzene rings is 1. The minimum Gasteiger partial charge on any atom is -0.395 e. The zero-order valence-electron chi connectivity index (χ0n) is 16.0. The molecule has 2 aromatic heterocycles. The maximum Gasteiger partial charge on any atom is 0.252 e. The molecule has 0 saturated heterocycles. The zero-order chi connectivity index (χ0) is 19.5. The van der Waals surface area contributed by atoms with E-state index in [4.69, 9.17) is 10.1 Å². The van der Waals surface area contributed by atoms with Crippen molar-refractivity contribution in [2.24, 2.45) is 0 Å². The molecule has 3 N–H and O–H groups in total. The average molecular weight is 379 g/mol. The van der Waals surface area contributed by atoms with Crippen molar-refractivity contribution in [1.82, 2.24) is 14.5 Å². The second-order valence-electron chi connectivity index (χ2n) is 7.26. The third kappa shape index (κ3) is 3.71. The van der Waals surface area contributed by atoms with Gasteiger partial charge in [0.2, 0.25) is 5.95 Å². The van der Waals surface area contributed by atoms with Gasteiger partial charge in [-0.1, -0.05) is 12.8 Å². The van der Waals surface area contributed by atoms with Gasteiger partial charge in [0.25, 0.3) is 5.56 Å². The summed E-state index contributed by atoms with van der Waals surface area (Å²) in [5.41, 5.74) is 3.41. The Morgan fingerprint density at radius 2 is 1.89 bits per heavy atom. The van der Waals surface area contributed by atoms with Crippen LogP contribution in [0.2, 0.25) is 0 Å². The van der Waals surface area contributed by atoms with Gasteiger partial charge in [-0.05, 0) is 49.6 Å². The van der Waals surface area contributed by atoms with E-state index in [1.165, 1.54) is 0 Å². The molecule has 0 spiro atoms. The summed E-state index contributed by atoms with van der Waals surface area (Å²) in [5, 5.41) is 16.1. The highest BCUT2D eigenvalue weighted by atomic mass is 16.3. The minimum atomic E-state index is 0.0147. The number of rotatable bonds is 6. The quantitative estimate of drug-likeness (QED) is 0.608. The number of nitrogens with one attached hydrogen (secondary N) is 2. The molecule has 1 aromatic carbocycles. The van der Waals surface area contributed by atoms with Crippen molar-refractivity contribution in [3.8, 4) is 0 Å². The van der Waals surface area contributed by atoms with Crippen LogP contribution in [0.3, 0.4) is 0 Å². The third-order valence-electron chi connectivity index (χ3n) is 5.27. The van der Waals surface area contributed by atoms with E-state index >= 15 is 0 Å². The standard InChI is InChI=1S/C21H25N5O2/c1-14-12-19(28)26(17-4-2-3-5-17)20-18(14)13-23-21(25-20)24-16-8-6-15(7-9-16)22-10-11-27/h6-9,12-13,17,22,27H,2-5,10-11H2,1H3,(H,23,24,25). The van der Waals surface area contributed by atoms with Gasteiger partial charge >= 0.3 is 0 Å². The third-order valence-corrected chi connectivity index (χ3v) is 5.27. The van der Waals surface area contributed by atoms with Crippen molar-refractivity contribution in [2.45, 2.75) is 38.6 Å². The molecule has 1 fully saturated rings. The molecule has 7 nitrogen and oxygen atoms in total. The molecule has 7 heteroatoms. The Morgan fingerprint density at radius 1 is 1.18 bits per heavy atom. The molecule has 1 aliphatic carbocycles. The molecule has 0 amide bonds. The SMILES string of the molecule is Cc1cc(=O)n(C2CCCC2)c2nc(Nc3ccc(NCCO)cc3)ncc12. The van der Waals surface area contributed by atoms with Crippen LogP contribution in [0.25, 0.3) is 11.0 Å². The molecular formula is C21H25N5O2. The van der Waals surface area contributed by atoms with Crippen molar-refractivity contribution < 1.29 is 5.11 Å². The van der Waals surface area contributed by atoms with Gasteiger partial charge in [-0.25, -0.2) is 4.98 Å². The molecule has 0 bridgehead atoms. The first-order chi connectivity index (χ1) is 13.7. The van der Waals surface area contributed by atoms with Gasteiger partial charge in [0.15, 0.2) is 0 Å². The van der Waals surface area contributed by atoms with Crippen LogP contribution in [0.15, 0.2) is 41.3 Å². The van der Waals surface area contributed by atoms with Gasteiger partial charge in [0.1, 0.15) is 5.65 Å². The first kappa shape index (κ1) is 18.4. The Kier molecular flexibility index (Phi) is 5.25. The van der Waals surface area contributed by atoms with Gasteiger partial charge in [0.05, 0.1) is 6.61 Å². The number of hydrogen-bond acceptors (Lipinski definition) is 6. The van der Waals surface area contributed by atoms with Crippen molar-refractivity contribution in [1.29, 1.82) is 0 Å². The predicted octanol–water partition coefficient (Wildman–Crippen LogP) is 3.36. The Labute approximate surface area is 163 Å². The minimum absolute atomic E-state index is 0.0147. The number of nitrogens with zero attached hydrogens (tertiary/aromatic N) is 3. The lowest BCUT2D eigenvalue weighted by Crippen LogP contribution is -2.24. The van der Waals surface area contributed by atoms with Gasteiger partial charge in [-0.15, -0.1) is 0 Å². The molecule has 3 aromatic rings. The summed E-state index contributed by atoms with van der Waals surface area (Å²) < 4.78 is 1.85. The molecule has 2 heterocycles. The molecule has 4 rings (SSSR count). The van der Waals surface area contributed by atoms with Crippen LogP contribution in [0.1, 0.15) is 37.3 Å². The summed E-state index contributed by atoms with van der Waals surface area (Å²) >= 11 is 0. The summed E-state index contributed by atoms with van der Waals surface area (Å²) in [7, 11) is 0. The molecule has 0 aliphatic heterocycles. The largest absolute Gasteiger partial charge is 0.395 e. The van der Waals surface area contributed by atoms with E-state index in [0.29, 0.717) is 18.1 Å². The fourth-order valence-corrected chi connectivity index (χ4v) is 3.85. The van der Waals surface area contributed by atoms with E-state index in [2.05, 4.69) is 15.6 Å². The maximum atomic E-state index is 12.7. The summed E-state index contributed by atoms with van der Waals surface area (Å²) in [6.07, 6.45) is 6.14. The molecule has 146 valence electrons. The van der Waals surface area contributed by atoms with E-state index in [0.717, 1.165) is 48.0 Å². The highest BCUT2D eigenvalue weighted by Gasteiger charge is 2.21. The summed E-state index contributed by atoms with van der Waals surface area (Å²) in [6.45, 7) is 2.53. The average Bonchev–Trinajstić information content (AvgIpc) is 3.21. The van der Waals surface area contributed by atoms with Crippen LogP contribution >= 0.6 is 0 Å².